The summed E-state index contributed by atoms with van der Waals surface area (Å²) >= 11 is 0. The molecule has 1 heterocycles. The first-order valence-electron chi connectivity index (χ1n) is 9.38. The highest BCUT2D eigenvalue weighted by molar-refractivity contribution is 7.92. The van der Waals surface area contributed by atoms with Crippen LogP contribution >= 0.6 is 0 Å². The SMILES string of the molecule is Cc1nnnn1-c1ccc(F)c(NC(=O)c2ccc(S(=O)(=O)Nc3ccccc3)cc2)c1. The second-order valence-electron chi connectivity index (χ2n) is 6.75. The predicted octanol–water partition coefficient (Wildman–Crippen LogP) is 3.16. The molecule has 9 nitrogen and oxygen atoms in total. The van der Waals surface area contributed by atoms with Gasteiger partial charge in [0.15, 0.2) is 5.82 Å². The number of hydrogen-bond donors (Lipinski definition) is 2. The molecule has 0 spiro atoms. The molecule has 162 valence electrons. The minimum Gasteiger partial charge on any atom is -0.319 e. The van der Waals surface area contributed by atoms with Crippen molar-refractivity contribution in [2.45, 2.75) is 11.8 Å². The number of halogens is 1. The maximum atomic E-state index is 14.3. The van der Waals surface area contributed by atoms with Crippen molar-refractivity contribution in [1.29, 1.82) is 0 Å². The molecule has 0 unspecified atom stereocenters. The molecule has 0 saturated heterocycles. The molecule has 0 aliphatic heterocycles. The highest BCUT2D eigenvalue weighted by atomic mass is 32.2. The van der Waals surface area contributed by atoms with Crippen LogP contribution in [0.25, 0.3) is 5.69 Å². The van der Waals surface area contributed by atoms with Gasteiger partial charge in [0.25, 0.3) is 15.9 Å². The summed E-state index contributed by atoms with van der Waals surface area (Å²) in [4.78, 5) is 12.6. The Balaban J connectivity index is 1.52. The Labute approximate surface area is 183 Å². The van der Waals surface area contributed by atoms with Crippen molar-refractivity contribution >= 4 is 27.3 Å². The Hall–Kier alpha value is -4.12. The van der Waals surface area contributed by atoms with E-state index in [0.717, 1.165) is 0 Å². The summed E-state index contributed by atoms with van der Waals surface area (Å²) < 4.78 is 43.1. The summed E-state index contributed by atoms with van der Waals surface area (Å²) in [6.07, 6.45) is 0. The molecule has 3 aromatic carbocycles. The second kappa shape index (κ2) is 8.55. The first-order chi connectivity index (χ1) is 15.3. The summed E-state index contributed by atoms with van der Waals surface area (Å²) in [5.41, 5.74) is 0.983. The van der Waals surface area contributed by atoms with E-state index in [1.165, 1.54) is 47.1 Å². The molecule has 32 heavy (non-hydrogen) atoms. The first-order valence-corrected chi connectivity index (χ1v) is 10.9. The average molecular weight is 452 g/mol. The number of amides is 1. The highest BCUT2D eigenvalue weighted by Gasteiger charge is 2.16. The van der Waals surface area contributed by atoms with Crippen molar-refractivity contribution in [2.75, 3.05) is 10.0 Å². The van der Waals surface area contributed by atoms with Crippen molar-refractivity contribution in [1.82, 2.24) is 20.2 Å². The van der Waals surface area contributed by atoms with E-state index in [2.05, 4.69) is 25.6 Å². The molecule has 0 saturated carbocycles. The van der Waals surface area contributed by atoms with Crippen molar-refractivity contribution in [3.05, 3.63) is 90.0 Å². The van der Waals surface area contributed by atoms with Crippen LogP contribution < -0.4 is 10.0 Å². The van der Waals surface area contributed by atoms with Crippen LogP contribution in [0.1, 0.15) is 16.2 Å². The summed E-state index contributed by atoms with van der Waals surface area (Å²) in [7, 11) is -3.82. The standard InChI is InChI=1S/C21H17FN6O3S/c1-14-24-26-27-28(14)17-9-12-19(22)20(13-17)23-21(29)15-7-10-18(11-8-15)32(30,31)25-16-5-3-2-4-6-16/h2-13,25H,1H3,(H,23,29). The number of aromatic nitrogens is 4. The molecule has 4 aromatic rings. The number of benzene rings is 3. The van der Waals surface area contributed by atoms with E-state index in [1.54, 1.807) is 37.3 Å². The number of tetrazole rings is 1. The summed E-state index contributed by atoms with van der Waals surface area (Å²) in [6, 6.07) is 17.8. The molecule has 0 atom stereocenters. The quantitative estimate of drug-likeness (QED) is 0.464. The van der Waals surface area contributed by atoms with E-state index < -0.39 is 21.7 Å². The number of nitrogens with one attached hydrogen (secondary N) is 2. The van der Waals surface area contributed by atoms with Crippen LogP contribution in [0.2, 0.25) is 0 Å². The Morgan fingerprint density at radius 3 is 2.38 bits per heavy atom. The van der Waals surface area contributed by atoms with Gasteiger partial charge in [-0.3, -0.25) is 9.52 Å². The fraction of sp³-hybridized carbons (Fsp3) is 0.0476. The van der Waals surface area contributed by atoms with Gasteiger partial charge in [-0.1, -0.05) is 18.2 Å². The van der Waals surface area contributed by atoms with E-state index in [1.807, 2.05) is 0 Å². The highest BCUT2D eigenvalue weighted by Crippen LogP contribution is 2.21. The van der Waals surface area contributed by atoms with Crippen LogP contribution in [-0.4, -0.2) is 34.5 Å². The van der Waals surface area contributed by atoms with Crippen LogP contribution in [-0.2, 0) is 10.0 Å². The third-order valence-corrected chi connectivity index (χ3v) is 5.92. The lowest BCUT2D eigenvalue weighted by molar-refractivity contribution is 0.102. The third-order valence-electron chi connectivity index (χ3n) is 4.52. The van der Waals surface area contributed by atoms with Gasteiger partial charge in [-0.15, -0.1) is 5.10 Å². The van der Waals surface area contributed by atoms with Gasteiger partial charge in [-0.25, -0.2) is 12.8 Å². The minimum atomic E-state index is -3.82. The number of hydrogen-bond acceptors (Lipinski definition) is 6. The Morgan fingerprint density at radius 1 is 1.00 bits per heavy atom. The Morgan fingerprint density at radius 2 is 1.72 bits per heavy atom. The lowest BCUT2D eigenvalue weighted by Crippen LogP contribution is -2.15. The number of rotatable bonds is 6. The monoisotopic (exact) mass is 452 g/mol. The topological polar surface area (TPSA) is 119 Å². The Bertz CT molecular complexity index is 1370. The van der Waals surface area contributed by atoms with Crippen LogP contribution in [0.15, 0.2) is 77.7 Å². The van der Waals surface area contributed by atoms with Gasteiger partial charge in [0.2, 0.25) is 0 Å². The van der Waals surface area contributed by atoms with E-state index >= 15 is 0 Å². The zero-order valence-electron chi connectivity index (χ0n) is 16.7. The second-order valence-corrected chi connectivity index (χ2v) is 8.43. The zero-order chi connectivity index (χ0) is 22.7. The third kappa shape index (κ3) is 4.47. The van der Waals surface area contributed by atoms with Crippen molar-refractivity contribution in [2.24, 2.45) is 0 Å². The van der Waals surface area contributed by atoms with Crippen LogP contribution in [0.5, 0.6) is 0 Å². The van der Waals surface area contributed by atoms with E-state index in [4.69, 9.17) is 0 Å². The van der Waals surface area contributed by atoms with E-state index in [-0.39, 0.29) is 16.1 Å². The smallest absolute Gasteiger partial charge is 0.261 e. The number of carbonyl (C=O) groups is 1. The molecule has 0 radical (unpaired) electrons. The number of nitrogens with zero attached hydrogens (tertiary/aromatic N) is 4. The number of aryl methyl sites for hydroxylation is 1. The van der Waals surface area contributed by atoms with Gasteiger partial charge in [-0.2, -0.15) is 4.68 Å². The molecule has 0 bridgehead atoms. The van der Waals surface area contributed by atoms with Crippen LogP contribution in [0, 0.1) is 12.7 Å². The molecule has 0 aliphatic carbocycles. The molecule has 1 aromatic heterocycles. The van der Waals surface area contributed by atoms with Gasteiger partial charge in [0.05, 0.1) is 16.3 Å². The zero-order valence-corrected chi connectivity index (χ0v) is 17.5. The molecule has 0 aliphatic rings. The minimum absolute atomic E-state index is 0.0137. The van der Waals surface area contributed by atoms with Crippen molar-refractivity contribution in [3.8, 4) is 5.69 Å². The number of carbonyl (C=O) groups excluding carboxylic acids is 1. The van der Waals surface area contributed by atoms with Gasteiger partial charge >= 0.3 is 0 Å². The maximum Gasteiger partial charge on any atom is 0.261 e. The lowest BCUT2D eigenvalue weighted by atomic mass is 10.2. The van der Waals surface area contributed by atoms with E-state index in [9.17, 15) is 17.6 Å². The summed E-state index contributed by atoms with van der Waals surface area (Å²) in [5.74, 6) is -0.747. The average Bonchev–Trinajstić information content (AvgIpc) is 3.21. The maximum absolute atomic E-state index is 14.3. The van der Waals surface area contributed by atoms with E-state index in [0.29, 0.717) is 17.2 Å². The van der Waals surface area contributed by atoms with Crippen molar-refractivity contribution < 1.29 is 17.6 Å². The number of anilines is 2. The fourth-order valence-corrected chi connectivity index (χ4v) is 3.97. The fourth-order valence-electron chi connectivity index (χ4n) is 2.91. The first kappa shape index (κ1) is 21.1. The molecule has 11 heteroatoms. The molecular weight excluding hydrogens is 435 g/mol. The molecule has 2 N–H and O–H groups in total. The molecular formula is C21H17FN6O3S. The van der Waals surface area contributed by atoms with Gasteiger partial charge in [0, 0.05) is 11.3 Å². The van der Waals surface area contributed by atoms with Crippen LogP contribution in [0.4, 0.5) is 15.8 Å². The largest absolute Gasteiger partial charge is 0.319 e. The van der Waals surface area contributed by atoms with Gasteiger partial charge < -0.3 is 5.32 Å². The van der Waals surface area contributed by atoms with Crippen LogP contribution in [0.3, 0.4) is 0 Å². The Kier molecular flexibility index (Phi) is 5.65. The summed E-state index contributed by atoms with van der Waals surface area (Å²) in [6.45, 7) is 1.68. The number of sulfonamides is 1. The molecule has 4 rings (SSSR count). The van der Waals surface area contributed by atoms with Crippen molar-refractivity contribution in [3.63, 3.8) is 0 Å². The van der Waals surface area contributed by atoms with Gasteiger partial charge in [0.1, 0.15) is 5.82 Å². The normalized spacial score (nSPS) is 11.2. The lowest BCUT2D eigenvalue weighted by Gasteiger charge is -2.10. The number of para-hydroxylation sites is 1. The summed E-state index contributed by atoms with van der Waals surface area (Å²) in [5, 5.41) is 13.6. The molecule has 0 fully saturated rings. The predicted molar refractivity (Wildman–Crippen MR) is 115 cm³/mol. The van der Waals surface area contributed by atoms with Gasteiger partial charge in [-0.05, 0) is 71.9 Å². The molecule has 1 amide bonds.